The Labute approximate surface area is 134 Å². The van der Waals surface area contributed by atoms with Crippen molar-refractivity contribution in [3.8, 4) is 0 Å². The maximum atomic E-state index is 11.9. The van der Waals surface area contributed by atoms with Gasteiger partial charge in [0.2, 0.25) is 5.91 Å². The van der Waals surface area contributed by atoms with Crippen molar-refractivity contribution in [1.29, 1.82) is 0 Å². The van der Waals surface area contributed by atoms with E-state index < -0.39 is 6.03 Å². The molecule has 1 atom stereocenters. The minimum atomic E-state index is -0.614. The Hall–Kier alpha value is -3.02. The summed E-state index contributed by atoms with van der Waals surface area (Å²) in [5.74, 6) is 1.21. The van der Waals surface area contributed by atoms with E-state index >= 15 is 0 Å². The SMILES string of the molecule is Cc1ccc(/C=C/C(=O)N[C@H](C)c2ccc(NC(N)=O)cc2)o1. The Morgan fingerprint density at radius 1 is 1.17 bits per heavy atom. The van der Waals surface area contributed by atoms with E-state index in [1.807, 2.05) is 32.0 Å². The van der Waals surface area contributed by atoms with Crippen LogP contribution in [0.5, 0.6) is 0 Å². The van der Waals surface area contributed by atoms with Crippen LogP contribution in [0.3, 0.4) is 0 Å². The van der Waals surface area contributed by atoms with Gasteiger partial charge in [-0.15, -0.1) is 0 Å². The lowest BCUT2D eigenvalue weighted by Crippen LogP contribution is -2.24. The number of amides is 3. The van der Waals surface area contributed by atoms with Gasteiger partial charge in [-0.2, -0.15) is 0 Å². The molecule has 0 bridgehead atoms. The second-order valence-electron chi connectivity index (χ2n) is 5.12. The molecule has 6 nitrogen and oxygen atoms in total. The molecule has 0 aliphatic heterocycles. The van der Waals surface area contributed by atoms with Gasteiger partial charge in [0.05, 0.1) is 6.04 Å². The minimum Gasteiger partial charge on any atom is -0.462 e. The average molecular weight is 313 g/mol. The van der Waals surface area contributed by atoms with Crippen molar-refractivity contribution < 1.29 is 14.0 Å². The first-order valence-electron chi connectivity index (χ1n) is 7.15. The number of carbonyl (C=O) groups excluding carboxylic acids is 2. The first-order chi connectivity index (χ1) is 10.9. The van der Waals surface area contributed by atoms with Crippen LogP contribution >= 0.6 is 0 Å². The number of hydrogen-bond acceptors (Lipinski definition) is 3. The summed E-state index contributed by atoms with van der Waals surface area (Å²) in [7, 11) is 0. The molecule has 6 heteroatoms. The predicted octanol–water partition coefficient (Wildman–Crippen LogP) is 2.97. The van der Waals surface area contributed by atoms with E-state index in [1.165, 1.54) is 6.08 Å². The molecule has 1 heterocycles. The zero-order valence-corrected chi connectivity index (χ0v) is 13.0. The molecule has 2 aromatic rings. The molecule has 120 valence electrons. The number of furan rings is 1. The van der Waals surface area contributed by atoms with Gasteiger partial charge in [0.15, 0.2) is 0 Å². The van der Waals surface area contributed by atoms with E-state index in [2.05, 4.69) is 10.6 Å². The molecule has 23 heavy (non-hydrogen) atoms. The summed E-state index contributed by atoms with van der Waals surface area (Å²) in [5.41, 5.74) is 6.57. The van der Waals surface area contributed by atoms with E-state index in [0.29, 0.717) is 11.4 Å². The van der Waals surface area contributed by atoms with Crippen LogP contribution in [0.2, 0.25) is 0 Å². The average Bonchev–Trinajstić information content (AvgIpc) is 2.91. The summed E-state index contributed by atoms with van der Waals surface area (Å²) in [6.45, 7) is 3.72. The number of hydrogen-bond donors (Lipinski definition) is 3. The number of nitrogens with one attached hydrogen (secondary N) is 2. The summed E-state index contributed by atoms with van der Waals surface area (Å²) in [6.07, 6.45) is 3.05. The van der Waals surface area contributed by atoms with Crippen molar-refractivity contribution in [2.24, 2.45) is 5.73 Å². The highest BCUT2D eigenvalue weighted by molar-refractivity contribution is 5.91. The van der Waals surface area contributed by atoms with Gasteiger partial charge in [0, 0.05) is 11.8 Å². The van der Waals surface area contributed by atoms with Crippen molar-refractivity contribution in [3.63, 3.8) is 0 Å². The van der Waals surface area contributed by atoms with Crippen LogP contribution in [0.15, 0.2) is 46.9 Å². The lowest BCUT2D eigenvalue weighted by molar-refractivity contribution is -0.117. The Morgan fingerprint density at radius 2 is 1.87 bits per heavy atom. The van der Waals surface area contributed by atoms with Crippen LogP contribution in [0.4, 0.5) is 10.5 Å². The number of rotatable bonds is 5. The minimum absolute atomic E-state index is 0.173. The molecule has 0 aliphatic rings. The third-order valence-electron chi connectivity index (χ3n) is 3.20. The van der Waals surface area contributed by atoms with Crippen LogP contribution < -0.4 is 16.4 Å². The van der Waals surface area contributed by atoms with E-state index in [4.69, 9.17) is 10.2 Å². The second kappa shape index (κ2) is 7.31. The Bertz CT molecular complexity index is 717. The van der Waals surface area contributed by atoms with Crippen LogP contribution in [0, 0.1) is 6.92 Å². The molecule has 2 rings (SSSR count). The molecule has 4 N–H and O–H groups in total. The third kappa shape index (κ3) is 5.03. The number of nitrogens with two attached hydrogens (primary N) is 1. The summed E-state index contributed by atoms with van der Waals surface area (Å²) >= 11 is 0. The Kier molecular flexibility index (Phi) is 5.19. The molecular formula is C17H19N3O3. The van der Waals surface area contributed by atoms with Gasteiger partial charge < -0.3 is 20.8 Å². The Balaban J connectivity index is 1.92. The zero-order valence-electron chi connectivity index (χ0n) is 13.0. The van der Waals surface area contributed by atoms with Gasteiger partial charge in [-0.1, -0.05) is 12.1 Å². The molecule has 0 unspecified atom stereocenters. The summed E-state index contributed by atoms with van der Waals surface area (Å²) in [4.78, 5) is 22.7. The van der Waals surface area contributed by atoms with Gasteiger partial charge in [-0.05, 0) is 49.8 Å². The highest BCUT2D eigenvalue weighted by Crippen LogP contribution is 2.16. The zero-order chi connectivity index (χ0) is 16.8. The van der Waals surface area contributed by atoms with Crippen LogP contribution in [-0.2, 0) is 4.79 Å². The molecule has 0 aliphatic carbocycles. The number of anilines is 1. The van der Waals surface area contributed by atoms with Gasteiger partial charge in [-0.25, -0.2) is 4.79 Å². The number of aryl methyl sites for hydroxylation is 1. The van der Waals surface area contributed by atoms with Crippen molar-refractivity contribution in [3.05, 3.63) is 59.6 Å². The van der Waals surface area contributed by atoms with Gasteiger partial charge in [-0.3, -0.25) is 4.79 Å². The molecule has 0 saturated carbocycles. The standard InChI is InChI=1S/C17H19N3O3/c1-11-3-8-15(23-11)9-10-16(21)19-12(2)13-4-6-14(7-5-13)20-17(18)22/h3-10,12H,1-2H3,(H,19,21)(H3,18,20,22)/b10-9+/t12-/m1/s1. The number of primary amides is 1. The smallest absolute Gasteiger partial charge is 0.316 e. The molecule has 1 aromatic heterocycles. The monoisotopic (exact) mass is 313 g/mol. The molecule has 1 aromatic carbocycles. The van der Waals surface area contributed by atoms with E-state index in [0.717, 1.165) is 11.3 Å². The lowest BCUT2D eigenvalue weighted by atomic mass is 10.1. The highest BCUT2D eigenvalue weighted by Gasteiger charge is 2.08. The molecular weight excluding hydrogens is 294 g/mol. The summed E-state index contributed by atoms with van der Waals surface area (Å²) in [5, 5.41) is 5.34. The van der Waals surface area contributed by atoms with E-state index in [9.17, 15) is 9.59 Å². The summed E-state index contributed by atoms with van der Waals surface area (Å²) < 4.78 is 5.36. The maximum absolute atomic E-state index is 11.9. The third-order valence-corrected chi connectivity index (χ3v) is 3.20. The van der Waals surface area contributed by atoms with Crippen molar-refractivity contribution in [1.82, 2.24) is 5.32 Å². The predicted molar refractivity (Wildman–Crippen MR) is 88.7 cm³/mol. The van der Waals surface area contributed by atoms with Crippen molar-refractivity contribution in [2.45, 2.75) is 19.9 Å². The van der Waals surface area contributed by atoms with E-state index in [-0.39, 0.29) is 11.9 Å². The topological polar surface area (TPSA) is 97.4 Å². The fraction of sp³-hybridized carbons (Fsp3) is 0.176. The maximum Gasteiger partial charge on any atom is 0.316 e. The molecule has 0 saturated heterocycles. The van der Waals surface area contributed by atoms with Crippen molar-refractivity contribution >= 4 is 23.7 Å². The van der Waals surface area contributed by atoms with E-state index in [1.54, 1.807) is 24.3 Å². The lowest BCUT2D eigenvalue weighted by Gasteiger charge is -2.13. The number of carbonyl (C=O) groups is 2. The first-order valence-corrected chi connectivity index (χ1v) is 7.15. The highest BCUT2D eigenvalue weighted by atomic mass is 16.3. The van der Waals surface area contributed by atoms with Crippen molar-refractivity contribution in [2.75, 3.05) is 5.32 Å². The quantitative estimate of drug-likeness (QED) is 0.740. The second-order valence-corrected chi connectivity index (χ2v) is 5.12. The molecule has 0 radical (unpaired) electrons. The number of urea groups is 1. The van der Waals surface area contributed by atoms with Crippen LogP contribution in [0.25, 0.3) is 6.08 Å². The molecule has 0 fully saturated rings. The van der Waals surface area contributed by atoms with Crippen LogP contribution in [0.1, 0.15) is 30.0 Å². The van der Waals surface area contributed by atoms with Gasteiger partial charge in [0.1, 0.15) is 11.5 Å². The Morgan fingerprint density at radius 3 is 2.43 bits per heavy atom. The largest absolute Gasteiger partial charge is 0.462 e. The van der Waals surface area contributed by atoms with Gasteiger partial charge >= 0.3 is 6.03 Å². The molecule has 0 spiro atoms. The normalized spacial score (nSPS) is 12.1. The van der Waals surface area contributed by atoms with Gasteiger partial charge in [0.25, 0.3) is 0 Å². The first kappa shape index (κ1) is 16.4. The molecule has 3 amide bonds. The fourth-order valence-corrected chi connectivity index (χ4v) is 2.04. The fourth-order valence-electron chi connectivity index (χ4n) is 2.04. The van der Waals surface area contributed by atoms with Crippen LogP contribution in [-0.4, -0.2) is 11.9 Å². The summed E-state index contributed by atoms with van der Waals surface area (Å²) in [6, 6.07) is 9.93. The number of benzene rings is 1.